The van der Waals surface area contributed by atoms with Crippen LogP contribution >= 0.6 is 11.6 Å². The van der Waals surface area contributed by atoms with Crippen LogP contribution in [0.4, 0.5) is 5.69 Å². The van der Waals surface area contributed by atoms with Crippen LogP contribution < -0.4 is 4.90 Å². The van der Waals surface area contributed by atoms with E-state index in [2.05, 4.69) is 4.99 Å². The van der Waals surface area contributed by atoms with Gasteiger partial charge in [-0.2, -0.15) is 0 Å². The topological polar surface area (TPSA) is 156 Å². The Morgan fingerprint density at radius 2 is 1.49 bits per heavy atom. The number of benzodiazepines with no additional fused rings is 1. The van der Waals surface area contributed by atoms with E-state index in [1.165, 1.54) is 11.9 Å². The SMILES string of the molecule is COC(=O)[C@@H]1O[C@H](O[C@@H]2N=C(c3ccccc3)c3cc(Cl)ccc3N(C)C2=O)[C@@H](OC(C)=O)[C@H](OC(C)=O)[C@H]1OC(C)=O. The van der Waals surface area contributed by atoms with Crippen molar-refractivity contribution in [1.82, 2.24) is 0 Å². The molecule has 2 aromatic carbocycles. The van der Waals surface area contributed by atoms with Crippen molar-refractivity contribution in [3.63, 3.8) is 0 Å². The molecule has 228 valence electrons. The van der Waals surface area contributed by atoms with E-state index in [1.807, 2.05) is 6.07 Å². The number of hydrogen-bond donors (Lipinski definition) is 0. The number of fused-ring (bicyclic) bond motifs is 1. The summed E-state index contributed by atoms with van der Waals surface area (Å²) in [6, 6.07) is 13.9. The zero-order chi connectivity index (χ0) is 31.4. The molecular formula is C29H29ClN2O11. The fourth-order valence-electron chi connectivity index (χ4n) is 4.75. The lowest BCUT2D eigenvalue weighted by atomic mass is 9.97. The number of carbonyl (C=O) groups is 5. The molecule has 0 radical (unpaired) electrons. The van der Waals surface area contributed by atoms with Gasteiger partial charge in [-0.25, -0.2) is 9.79 Å². The minimum Gasteiger partial charge on any atom is -0.467 e. The quantitative estimate of drug-likeness (QED) is 0.332. The van der Waals surface area contributed by atoms with Crippen molar-refractivity contribution < 1.29 is 52.4 Å². The number of carbonyl (C=O) groups excluding carboxylic acids is 5. The first-order valence-corrected chi connectivity index (χ1v) is 13.4. The van der Waals surface area contributed by atoms with Gasteiger partial charge in [-0.1, -0.05) is 41.9 Å². The lowest BCUT2D eigenvalue weighted by Crippen LogP contribution is -2.64. The number of benzene rings is 2. The summed E-state index contributed by atoms with van der Waals surface area (Å²) in [6.07, 6.45) is -9.88. The van der Waals surface area contributed by atoms with Crippen molar-refractivity contribution in [3.05, 3.63) is 64.7 Å². The van der Waals surface area contributed by atoms with Crippen molar-refractivity contribution in [3.8, 4) is 0 Å². The van der Waals surface area contributed by atoms with Gasteiger partial charge in [-0.05, 0) is 18.2 Å². The molecule has 0 aromatic heterocycles. The van der Waals surface area contributed by atoms with Gasteiger partial charge in [-0.3, -0.25) is 19.2 Å². The molecule has 0 unspecified atom stereocenters. The van der Waals surface area contributed by atoms with Crippen LogP contribution in [0.3, 0.4) is 0 Å². The summed E-state index contributed by atoms with van der Waals surface area (Å²) in [4.78, 5) is 68.7. The maximum Gasteiger partial charge on any atom is 0.339 e. The van der Waals surface area contributed by atoms with Crippen LogP contribution in [0.2, 0.25) is 5.02 Å². The molecular weight excluding hydrogens is 588 g/mol. The van der Waals surface area contributed by atoms with Crippen LogP contribution in [0, 0.1) is 0 Å². The average molecular weight is 617 g/mol. The highest BCUT2D eigenvalue weighted by molar-refractivity contribution is 6.32. The van der Waals surface area contributed by atoms with Gasteiger partial charge < -0.3 is 33.3 Å². The number of amides is 1. The van der Waals surface area contributed by atoms with Crippen molar-refractivity contribution in [2.75, 3.05) is 19.1 Å². The van der Waals surface area contributed by atoms with Crippen LogP contribution in [0.25, 0.3) is 0 Å². The molecule has 0 aliphatic carbocycles. The molecule has 2 aliphatic rings. The van der Waals surface area contributed by atoms with E-state index in [0.717, 1.165) is 27.9 Å². The Balaban J connectivity index is 1.84. The lowest BCUT2D eigenvalue weighted by molar-refractivity contribution is -0.307. The molecule has 0 saturated carbocycles. The lowest BCUT2D eigenvalue weighted by Gasteiger charge is -2.43. The summed E-state index contributed by atoms with van der Waals surface area (Å²) in [5.74, 6) is -4.23. The van der Waals surface area contributed by atoms with E-state index in [-0.39, 0.29) is 0 Å². The van der Waals surface area contributed by atoms with Gasteiger partial charge in [-0.15, -0.1) is 0 Å². The zero-order valence-corrected chi connectivity index (χ0v) is 24.6. The van der Waals surface area contributed by atoms with Gasteiger partial charge in [0.25, 0.3) is 5.91 Å². The summed E-state index contributed by atoms with van der Waals surface area (Å²) in [5, 5.41) is 0.398. The van der Waals surface area contributed by atoms with Gasteiger partial charge in [0.15, 0.2) is 24.4 Å². The van der Waals surface area contributed by atoms with E-state index in [0.29, 0.717) is 27.5 Å². The van der Waals surface area contributed by atoms with Gasteiger partial charge in [0, 0.05) is 44.0 Å². The van der Waals surface area contributed by atoms with Gasteiger partial charge in [0.2, 0.25) is 12.5 Å². The van der Waals surface area contributed by atoms with E-state index in [1.54, 1.807) is 42.5 Å². The number of hydrogen-bond acceptors (Lipinski definition) is 12. The van der Waals surface area contributed by atoms with Gasteiger partial charge in [0.05, 0.1) is 18.5 Å². The molecule has 14 heteroatoms. The summed E-state index contributed by atoms with van der Waals surface area (Å²) >= 11 is 6.31. The highest BCUT2D eigenvalue weighted by atomic mass is 35.5. The Hall–Kier alpha value is -4.33. The molecule has 0 bridgehead atoms. The molecule has 1 amide bonds. The van der Waals surface area contributed by atoms with E-state index < -0.39 is 66.7 Å². The minimum absolute atomic E-state index is 0.347. The molecule has 1 saturated heterocycles. The third-order valence-corrected chi connectivity index (χ3v) is 6.74. The normalized spacial score (nSPS) is 25.0. The average Bonchev–Trinajstić information content (AvgIpc) is 3.05. The third kappa shape index (κ3) is 7.01. The van der Waals surface area contributed by atoms with Crippen molar-refractivity contribution in [1.29, 1.82) is 0 Å². The van der Waals surface area contributed by atoms with Crippen molar-refractivity contribution in [2.24, 2.45) is 4.99 Å². The summed E-state index contributed by atoms with van der Waals surface area (Å²) < 4.78 is 32.8. The number of aliphatic imine (C=N–C) groups is 1. The largest absolute Gasteiger partial charge is 0.467 e. The molecule has 0 spiro atoms. The number of rotatable bonds is 7. The smallest absolute Gasteiger partial charge is 0.339 e. The standard InChI is InChI=1S/C29H29ClN2O11/c1-14(33)39-22-23(40-15(2)34)25(41-16(3)35)29(42-24(22)28(37)38-5)43-26-27(36)32(4)20-12-11-18(30)13-19(20)21(31-26)17-9-7-6-8-10-17/h6-13,22-26,29H,1-5H3/t22-,23-,24-,25+,26+,29-/m1/s1. The first-order chi connectivity index (χ1) is 20.4. The second kappa shape index (κ2) is 13.3. The van der Waals surface area contributed by atoms with Crippen LogP contribution in [0.1, 0.15) is 31.9 Å². The minimum atomic E-state index is -1.74. The summed E-state index contributed by atoms with van der Waals surface area (Å²) in [6.45, 7) is 3.20. The molecule has 1 fully saturated rings. The van der Waals surface area contributed by atoms with E-state index in [4.69, 9.17) is 40.0 Å². The number of methoxy groups -OCH3 is 1. The third-order valence-electron chi connectivity index (χ3n) is 6.51. The number of likely N-dealkylation sites (N-methyl/N-ethyl adjacent to an activating group) is 1. The number of ether oxygens (including phenoxy) is 6. The maximum atomic E-state index is 13.8. The summed E-state index contributed by atoms with van der Waals surface area (Å²) in [5.41, 5.74) is 1.98. The molecule has 2 aromatic rings. The Labute approximate surface area is 251 Å². The molecule has 0 N–H and O–H groups in total. The first kappa shape index (κ1) is 31.6. The molecule has 6 atom stereocenters. The first-order valence-electron chi connectivity index (χ1n) is 13.0. The van der Waals surface area contributed by atoms with Crippen molar-refractivity contribution in [2.45, 2.75) is 57.7 Å². The molecule has 43 heavy (non-hydrogen) atoms. The van der Waals surface area contributed by atoms with Gasteiger partial charge in [0.1, 0.15) is 0 Å². The van der Waals surface area contributed by atoms with Crippen LogP contribution in [0.5, 0.6) is 0 Å². The monoisotopic (exact) mass is 616 g/mol. The fraction of sp³-hybridized carbons (Fsp3) is 0.379. The predicted molar refractivity (Wildman–Crippen MR) is 149 cm³/mol. The maximum absolute atomic E-state index is 13.8. The zero-order valence-electron chi connectivity index (χ0n) is 23.8. The molecule has 2 aliphatic heterocycles. The number of anilines is 1. The Morgan fingerprint density at radius 3 is 2.09 bits per heavy atom. The van der Waals surface area contributed by atoms with E-state index >= 15 is 0 Å². The highest BCUT2D eigenvalue weighted by Gasteiger charge is 2.56. The Bertz CT molecular complexity index is 1450. The Kier molecular flexibility index (Phi) is 9.79. The molecule has 2 heterocycles. The van der Waals surface area contributed by atoms with Crippen LogP contribution in [-0.4, -0.2) is 86.6 Å². The highest BCUT2D eigenvalue weighted by Crippen LogP contribution is 2.34. The fourth-order valence-corrected chi connectivity index (χ4v) is 4.92. The van der Waals surface area contributed by atoms with Gasteiger partial charge >= 0.3 is 23.9 Å². The van der Waals surface area contributed by atoms with E-state index in [9.17, 15) is 24.0 Å². The molecule has 13 nitrogen and oxygen atoms in total. The second-order valence-electron chi connectivity index (χ2n) is 9.56. The Morgan fingerprint density at radius 1 is 0.884 bits per heavy atom. The number of halogens is 1. The van der Waals surface area contributed by atoms with Crippen LogP contribution in [0.15, 0.2) is 53.5 Å². The van der Waals surface area contributed by atoms with Crippen molar-refractivity contribution >= 4 is 52.8 Å². The summed E-state index contributed by atoms with van der Waals surface area (Å²) in [7, 11) is 2.57. The predicted octanol–water partition coefficient (Wildman–Crippen LogP) is 2.19. The number of esters is 4. The van der Waals surface area contributed by atoms with Crippen LogP contribution in [-0.2, 0) is 52.4 Å². The second-order valence-corrected chi connectivity index (χ2v) is 10.00. The number of nitrogens with zero attached hydrogens (tertiary/aromatic N) is 2. The molecule has 4 rings (SSSR count).